The van der Waals surface area contributed by atoms with Crippen molar-refractivity contribution in [1.82, 2.24) is 5.32 Å². The number of likely N-dealkylation sites (N-methyl/N-ethyl adjacent to an activating group) is 2. The molecule has 92 valence electrons. The second kappa shape index (κ2) is 4.49. The van der Waals surface area contributed by atoms with Gasteiger partial charge in [-0.15, -0.1) is 0 Å². The highest BCUT2D eigenvalue weighted by Gasteiger charge is 2.37. The van der Waals surface area contributed by atoms with E-state index in [-0.39, 0.29) is 11.9 Å². The molecule has 1 aliphatic rings. The fourth-order valence-electron chi connectivity index (χ4n) is 2.64. The van der Waals surface area contributed by atoms with E-state index in [9.17, 15) is 4.79 Å². The average Bonchev–Trinajstić information content (AvgIpc) is 2.59. The summed E-state index contributed by atoms with van der Waals surface area (Å²) in [5.74, 6) is 0.182. The smallest absolute Gasteiger partial charge is 0.248 e. The number of fused-ring (bicyclic) bond motifs is 1. The van der Waals surface area contributed by atoms with Crippen LogP contribution in [0.5, 0.6) is 0 Å². The zero-order valence-electron chi connectivity index (χ0n) is 11.0. The monoisotopic (exact) mass is 232 g/mol. The maximum absolute atomic E-state index is 12.4. The molecule has 1 aromatic carbocycles. The highest BCUT2D eigenvalue weighted by atomic mass is 16.2. The average molecular weight is 232 g/mol. The molecule has 0 aliphatic carbocycles. The molecule has 1 atom stereocenters. The second-order valence-corrected chi connectivity index (χ2v) is 4.53. The van der Waals surface area contributed by atoms with Crippen LogP contribution >= 0.6 is 0 Å². The van der Waals surface area contributed by atoms with Crippen molar-refractivity contribution < 1.29 is 4.79 Å². The molecule has 17 heavy (non-hydrogen) atoms. The van der Waals surface area contributed by atoms with Crippen molar-refractivity contribution >= 4 is 11.6 Å². The van der Waals surface area contributed by atoms with E-state index in [0.717, 1.165) is 18.8 Å². The van der Waals surface area contributed by atoms with E-state index in [1.807, 2.05) is 18.7 Å². The number of carbonyl (C=O) groups excluding carboxylic acids is 1. The standard InChI is InChI=1S/C14H20N2O/c1-5-15-12-11-9(3)7-8-10(4)13(11)16(6-2)14(12)17/h7-8,12,15H,5-6H2,1-4H3. The molecule has 1 aromatic rings. The summed E-state index contributed by atoms with van der Waals surface area (Å²) in [6.07, 6.45) is 0. The van der Waals surface area contributed by atoms with Crippen LogP contribution in [0, 0.1) is 13.8 Å². The first-order chi connectivity index (χ1) is 8.11. The summed E-state index contributed by atoms with van der Waals surface area (Å²) in [5, 5.41) is 3.29. The molecule has 0 bridgehead atoms. The van der Waals surface area contributed by atoms with Crippen molar-refractivity contribution in [1.29, 1.82) is 0 Å². The predicted octanol–water partition coefficient (Wildman–Crippen LogP) is 2.32. The number of carbonyl (C=O) groups is 1. The van der Waals surface area contributed by atoms with Crippen LogP contribution in [0.4, 0.5) is 5.69 Å². The second-order valence-electron chi connectivity index (χ2n) is 4.53. The van der Waals surface area contributed by atoms with Gasteiger partial charge in [-0.25, -0.2) is 0 Å². The van der Waals surface area contributed by atoms with Crippen LogP contribution in [0.25, 0.3) is 0 Å². The first-order valence-electron chi connectivity index (χ1n) is 6.26. The van der Waals surface area contributed by atoms with E-state index in [4.69, 9.17) is 0 Å². The van der Waals surface area contributed by atoms with Crippen LogP contribution < -0.4 is 10.2 Å². The summed E-state index contributed by atoms with van der Waals surface area (Å²) >= 11 is 0. The molecule has 1 heterocycles. The number of aryl methyl sites for hydroxylation is 2. The van der Waals surface area contributed by atoms with Crippen LogP contribution in [0.1, 0.15) is 36.6 Å². The molecular weight excluding hydrogens is 212 g/mol. The van der Waals surface area contributed by atoms with Crippen molar-refractivity contribution in [2.45, 2.75) is 33.7 Å². The number of nitrogens with zero attached hydrogens (tertiary/aromatic N) is 1. The van der Waals surface area contributed by atoms with Crippen LogP contribution in [0.3, 0.4) is 0 Å². The lowest BCUT2D eigenvalue weighted by molar-refractivity contribution is -0.119. The third-order valence-corrected chi connectivity index (χ3v) is 3.43. The molecule has 3 nitrogen and oxygen atoms in total. The van der Waals surface area contributed by atoms with Crippen molar-refractivity contribution in [2.75, 3.05) is 18.0 Å². The summed E-state index contributed by atoms with van der Waals surface area (Å²) in [5.41, 5.74) is 4.66. The molecule has 0 aromatic heterocycles. The quantitative estimate of drug-likeness (QED) is 0.867. The van der Waals surface area contributed by atoms with Crippen LogP contribution in [0.2, 0.25) is 0 Å². The Bertz CT molecular complexity index is 454. The summed E-state index contributed by atoms with van der Waals surface area (Å²) < 4.78 is 0. The molecule has 1 unspecified atom stereocenters. The lowest BCUT2D eigenvalue weighted by Gasteiger charge is -2.17. The number of rotatable bonds is 3. The van der Waals surface area contributed by atoms with Crippen molar-refractivity contribution in [3.63, 3.8) is 0 Å². The van der Waals surface area contributed by atoms with Crippen molar-refractivity contribution in [3.05, 3.63) is 28.8 Å². The molecule has 1 N–H and O–H groups in total. The zero-order chi connectivity index (χ0) is 12.6. The Morgan fingerprint density at radius 1 is 1.24 bits per heavy atom. The fraction of sp³-hybridized carbons (Fsp3) is 0.500. The minimum absolute atomic E-state index is 0.158. The number of anilines is 1. The van der Waals surface area contributed by atoms with E-state index >= 15 is 0 Å². The Morgan fingerprint density at radius 3 is 2.47 bits per heavy atom. The van der Waals surface area contributed by atoms with Crippen molar-refractivity contribution in [2.24, 2.45) is 0 Å². The molecule has 2 rings (SSSR count). The van der Waals surface area contributed by atoms with Gasteiger partial charge >= 0.3 is 0 Å². The Hall–Kier alpha value is -1.35. The minimum Gasteiger partial charge on any atom is -0.310 e. The van der Waals surface area contributed by atoms with Gasteiger partial charge in [0.05, 0.1) is 5.69 Å². The molecule has 0 saturated heterocycles. The molecule has 1 amide bonds. The summed E-state index contributed by atoms with van der Waals surface area (Å²) in [4.78, 5) is 14.2. The topological polar surface area (TPSA) is 32.3 Å². The van der Waals surface area contributed by atoms with Crippen LogP contribution in [0.15, 0.2) is 12.1 Å². The Balaban J connectivity index is 2.60. The molecule has 0 spiro atoms. The highest BCUT2D eigenvalue weighted by molar-refractivity contribution is 6.05. The maximum Gasteiger partial charge on any atom is 0.248 e. The van der Waals surface area contributed by atoms with Crippen molar-refractivity contribution in [3.8, 4) is 0 Å². The van der Waals surface area contributed by atoms with Crippen LogP contribution in [-0.2, 0) is 4.79 Å². The van der Waals surface area contributed by atoms with Gasteiger partial charge in [0.1, 0.15) is 6.04 Å². The lowest BCUT2D eigenvalue weighted by atomic mass is 9.99. The largest absolute Gasteiger partial charge is 0.310 e. The normalized spacial score (nSPS) is 18.7. The number of hydrogen-bond acceptors (Lipinski definition) is 2. The number of amides is 1. The van der Waals surface area contributed by atoms with Gasteiger partial charge in [0.2, 0.25) is 5.91 Å². The van der Waals surface area contributed by atoms with E-state index < -0.39 is 0 Å². The van der Waals surface area contributed by atoms with Gasteiger partial charge in [-0.05, 0) is 38.4 Å². The van der Waals surface area contributed by atoms with Gasteiger partial charge < -0.3 is 10.2 Å². The highest BCUT2D eigenvalue weighted by Crippen LogP contribution is 2.40. The zero-order valence-corrected chi connectivity index (χ0v) is 11.0. The Morgan fingerprint density at radius 2 is 1.88 bits per heavy atom. The maximum atomic E-state index is 12.4. The fourth-order valence-corrected chi connectivity index (χ4v) is 2.64. The molecule has 0 saturated carbocycles. The van der Waals surface area contributed by atoms with Gasteiger partial charge in [0, 0.05) is 12.1 Å². The SMILES string of the molecule is CCNC1C(=O)N(CC)c2c(C)ccc(C)c21. The molecule has 0 radical (unpaired) electrons. The number of nitrogens with one attached hydrogen (secondary N) is 1. The lowest BCUT2D eigenvalue weighted by Crippen LogP contribution is -2.34. The third-order valence-electron chi connectivity index (χ3n) is 3.43. The van der Waals surface area contributed by atoms with Gasteiger partial charge in [-0.3, -0.25) is 4.79 Å². The van der Waals surface area contributed by atoms with Crippen LogP contribution in [-0.4, -0.2) is 19.0 Å². The first kappa shape index (κ1) is 12.1. The third kappa shape index (κ3) is 1.75. The van der Waals surface area contributed by atoms with E-state index in [0.29, 0.717) is 0 Å². The Kier molecular flexibility index (Phi) is 3.20. The summed E-state index contributed by atoms with van der Waals surface area (Å²) in [6.45, 7) is 9.75. The summed E-state index contributed by atoms with van der Waals surface area (Å²) in [6, 6.07) is 4.04. The van der Waals surface area contributed by atoms with E-state index in [1.54, 1.807) is 0 Å². The number of benzene rings is 1. The Labute approximate surface area is 103 Å². The van der Waals surface area contributed by atoms with Gasteiger partial charge in [0.25, 0.3) is 0 Å². The van der Waals surface area contributed by atoms with E-state index in [1.165, 1.54) is 16.7 Å². The summed E-state index contributed by atoms with van der Waals surface area (Å²) in [7, 11) is 0. The number of hydrogen-bond donors (Lipinski definition) is 1. The van der Waals surface area contributed by atoms with Gasteiger partial charge in [-0.1, -0.05) is 19.1 Å². The predicted molar refractivity (Wildman–Crippen MR) is 70.4 cm³/mol. The van der Waals surface area contributed by atoms with Gasteiger partial charge in [0.15, 0.2) is 0 Å². The molecule has 3 heteroatoms. The minimum atomic E-state index is -0.158. The molecule has 1 aliphatic heterocycles. The molecule has 0 fully saturated rings. The van der Waals surface area contributed by atoms with E-state index in [2.05, 4.69) is 31.3 Å². The molecular formula is C14H20N2O. The first-order valence-corrected chi connectivity index (χ1v) is 6.26. The van der Waals surface area contributed by atoms with Gasteiger partial charge in [-0.2, -0.15) is 0 Å².